The lowest BCUT2D eigenvalue weighted by Gasteiger charge is -2.28. The van der Waals surface area contributed by atoms with E-state index < -0.39 is 10.1 Å². The molecule has 4 nitrogen and oxygen atoms in total. The second-order valence-corrected chi connectivity index (χ2v) is 5.65. The van der Waals surface area contributed by atoms with E-state index in [1.807, 2.05) is 13.8 Å². The predicted molar refractivity (Wildman–Crippen MR) is 55.9 cm³/mol. The number of hydrogen-bond donors (Lipinski definition) is 0. The third kappa shape index (κ3) is 7.29. The molecule has 0 saturated carbocycles. The summed E-state index contributed by atoms with van der Waals surface area (Å²) in [5.74, 6) is 0.141. The highest BCUT2D eigenvalue weighted by molar-refractivity contribution is 7.85. The van der Waals surface area contributed by atoms with Crippen molar-refractivity contribution in [2.45, 2.75) is 40.2 Å². The summed E-state index contributed by atoms with van der Waals surface area (Å²) in [5, 5.41) is 0. The molecule has 86 valence electrons. The molecule has 0 aliphatic carbocycles. The van der Waals surface area contributed by atoms with Crippen molar-refractivity contribution in [1.29, 1.82) is 0 Å². The van der Waals surface area contributed by atoms with Crippen LogP contribution in [0.4, 0.5) is 0 Å². The molecule has 0 bridgehead atoms. The molecule has 5 heteroatoms. The van der Waals surface area contributed by atoms with E-state index in [0.717, 1.165) is 6.42 Å². The van der Waals surface area contributed by atoms with Crippen LogP contribution in [0.1, 0.15) is 34.1 Å². The van der Waals surface area contributed by atoms with Crippen molar-refractivity contribution in [1.82, 2.24) is 4.90 Å². The van der Waals surface area contributed by atoms with Crippen LogP contribution in [-0.2, 0) is 10.1 Å². The largest absolute Gasteiger partial charge is 0.747 e. The summed E-state index contributed by atoms with van der Waals surface area (Å²) in [7, 11) is -4.14. The Kier molecular flexibility index (Phi) is 5.63. The minimum absolute atomic E-state index is 0.0949. The average molecular weight is 222 g/mol. The maximum atomic E-state index is 10.6. The molecule has 14 heavy (non-hydrogen) atoms. The second kappa shape index (κ2) is 5.68. The van der Waals surface area contributed by atoms with Gasteiger partial charge in [-0.25, -0.2) is 8.42 Å². The molecule has 0 heterocycles. The van der Waals surface area contributed by atoms with Crippen molar-refractivity contribution in [3.8, 4) is 0 Å². The Hall–Kier alpha value is -0.130. The first kappa shape index (κ1) is 13.9. The van der Waals surface area contributed by atoms with E-state index in [4.69, 9.17) is 0 Å². The first-order valence-electron chi connectivity index (χ1n) is 4.90. The fourth-order valence-corrected chi connectivity index (χ4v) is 1.93. The lowest BCUT2D eigenvalue weighted by atomic mass is 10.1. The summed E-state index contributed by atoms with van der Waals surface area (Å²) in [4.78, 5) is 1.70. The van der Waals surface area contributed by atoms with Gasteiger partial charge >= 0.3 is 0 Å². The Labute approximate surface area is 87.0 Å². The van der Waals surface area contributed by atoms with Crippen LogP contribution in [0.2, 0.25) is 0 Å². The summed E-state index contributed by atoms with van der Waals surface area (Å²) in [6, 6.07) is 0.0949. The fraction of sp³-hybridized carbons (Fsp3) is 1.00. The van der Waals surface area contributed by atoms with E-state index in [1.165, 1.54) is 0 Å². The standard InChI is InChI=1S/C9H21NO3S/c1-8(2)5-6-10(9(3)4)7-14(11,12)13/h8-9H,5-7H2,1-4H3,(H,11,12,13)/p-1. The van der Waals surface area contributed by atoms with Crippen LogP contribution in [0, 0.1) is 5.92 Å². The van der Waals surface area contributed by atoms with Crippen molar-refractivity contribution in [2.75, 3.05) is 12.4 Å². The van der Waals surface area contributed by atoms with Crippen LogP contribution >= 0.6 is 0 Å². The van der Waals surface area contributed by atoms with E-state index in [2.05, 4.69) is 13.8 Å². The van der Waals surface area contributed by atoms with Crippen LogP contribution in [0.15, 0.2) is 0 Å². The van der Waals surface area contributed by atoms with Crippen molar-refractivity contribution in [2.24, 2.45) is 5.92 Å². The van der Waals surface area contributed by atoms with Crippen LogP contribution in [0.3, 0.4) is 0 Å². The van der Waals surface area contributed by atoms with Gasteiger partial charge in [0.15, 0.2) is 0 Å². The van der Waals surface area contributed by atoms with Gasteiger partial charge in [-0.15, -0.1) is 0 Å². The van der Waals surface area contributed by atoms with Crippen LogP contribution < -0.4 is 0 Å². The third-order valence-corrected chi connectivity index (χ3v) is 2.70. The first-order chi connectivity index (χ1) is 6.22. The van der Waals surface area contributed by atoms with Gasteiger partial charge in [-0.1, -0.05) is 13.8 Å². The molecule has 0 aromatic rings. The highest BCUT2D eigenvalue weighted by atomic mass is 32.2. The van der Waals surface area contributed by atoms with E-state index >= 15 is 0 Å². The van der Waals surface area contributed by atoms with E-state index in [0.29, 0.717) is 12.5 Å². The Morgan fingerprint density at radius 1 is 1.21 bits per heavy atom. The van der Waals surface area contributed by atoms with E-state index in [1.54, 1.807) is 4.90 Å². The lowest BCUT2D eigenvalue weighted by Crippen LogP contribution is -2.36. The molecule has 0 unspecified atom stereocenters. The molecule has 0 fully saturated rings. The second-order valence-electron chi connectivity index (χ2n) is 4.28. The summed E-state index contributed by atoms with van der Waals surface area (Å²) >= 11 is 0. The monoisotopic (exact) mass is 222 g/mol. The molecule has 0 amide bonds. The Bertz CT molecular complexity index is 247. The van der Waals surface area contributed by atoms with Gasteiger partial charge in [-0.05, 0) is 32.7 Å². The molecule has 0 aromatic heterocycles. The molecule has 0 spiro atoms. The number of rotatable bonds is 6. The summed E-state index contributed by atoms with van der Waals surface area (Å²) in [5.41, 5.74) is 0. The minimum atomic E-state index is -4.14. The maximum absolute atomic E-state index is 10.6. The van der Waals surface area contributed by atoms with Gasteiger partial charge in [0, 0.05) is 6.04 Å². The lowest BCUT2D eigenvalue weighted by molar-refractivity contribution is 0.235. The Balaban J connectivity index is 4.17. The average Bonchev–Trinajstić information content (AvgIpc) is 1.94. The van der Waals surface area contributed by atoms with Gasteiger partial charge in [0.1, 0.15) is 10.1 Å². The maximum Gasteiger partial charge on any atom is 0.108 e. The third-order valence-electron chi connectivity index (χ3n) is 2.05. The van der Waals surface area contributed by atoms with Gasteiger partial charge in [-0.2, -0.15) is 0 Å². The van der Waals surface area contributed by atoms with Gasteiger partial charge in [0.05, 0.1) is 5.88 Å². The van der Waals surface area contributed by atoms with Crippen molar-refractivity contribution in [3.05, 3.63) is 0 Å². The molecule has 0 aromatic carbocycles. The summed E-state index contributed by atoms with van der Waals surface area (Å²) in [6.07, 6.45) is 0.910. The van der Waals surface area contributed by atoms with Crippen molar-refractivity contribution < 1.29 is 13.0 Å². The summed E-state index contributed by atoms with van der Waals surface area (Å²) in [6.45, 7) is 8.60. The van der Waals surface area contributed by atoms with Gasteiger partial charge in [0.25, 0.3) is 0 Å². The van der Waals surface area contributed by atoms with Gasteiger partial charge in [-0.3, -0.25) is 4.90 Å². The zero-order valence-electron chi connectivity index (χ0n) is 9.36. The molecule has 0 saturated heterocycles. The highest BCUT2D eigenvalue weighted by Crippen LogP contribution is 2.06. The topological polar surface area (TPSA) is 60.4 Å². The Morgan fingerprint density at radius 2 is 1.71 bits per heavy atom. The van der Waals surface area contributed by atoms with Crippen LogP contribution in [0.5, 0.6) is 0 Å². The number of hydrogen-bond acceptors (Lipinski definition) is 4. The van der Waals surface area contributed by atoms with Gasteiger partial charge in [0.2, 0.25) is 0 Å². The van der Waals surface area contributed by atoms with E-state index in [-0.39, 0.29) is 11.9 Å². The van der Waals surface area contributed by atoms with Crippen molar-refractivity contribution in [3.63, 3.8) is 0 Å². The molecule has 0 N–H and O–H groups in total. The molecular weight excluding hydrogens is 202 g/mol. The SMILES string of the molecule is CC(C)CCN(CS(=O)(=O)[O-])C(C)C. The highest BCUT2D eigenvalue weighted by Gasteiger charge is 2.12. The molecular formula is C9H20NO3S-. The molecule has 0 aliphatic heterocycles. The first-order valence-corrected chi connectivity index (χ1v) is 6.47. The van der Waals surface area contributed by atoms with Crippen LogP contribution in [0.25, 0.3) is 0 Å². The van der Waals surface area contributed by atoms with Crippen molar-refractivity contribution >= 4 is 10.1 Å². The smallest absolute Gasteiger partial charge is 0.108 e. The van der Waals surface area contributed by atoms with Gasteiger partial charge < -0.3 is 4.55 Å². The fourth-order valence-electron chi connectivity index (χ4n) is 1.10. The quantitative estimate of drug-likeness (QED) is 0.634. The normalized spacial score (nSPS) is 13.1. The minimum Gasteiger partial charge on any atom is -0.747 e. The molecule has 0 atom stereocenters. The summed E-state index contributed by atoms with van der Waals surface area (Å²) < 4.78 is 31.8. The molecule has 0 aliphatic rings. The number of nitrogens with zero attached hydrogens (tertiary/aromatic N) is 1. The zero-order chi connectivity index (χ0) is 11.4. The van der Waals surface area contributed by atoms with E-state index in [9.17, 15) is 13.0 Å². The van der Waals surface area contributed by atoms with Crippen LogP contribution in [-0.4, -0.2) is 36.3 Å². The predicted octanol–water partition coefficient (Wildman–Crippen LogP) is 1.25. The molecule has 0 rings (SSSR count). The Morgan fingerprint density at radius 3 is 2.00 bits per heavy atom. The zero-order valence-corrected chi connectivity index (χ0v) is 10.2. The molecule has 0 radical (unpaired) electrons.